The quantitative estimate of drug-likeness (QED) is 0.507. The molecule has 156 valence electrons. The molecule has 0 saturated carbocycles. The number of carbonyl (C=O) groups is 3. The zero-order chi connectivity index (χ0) is 21.7. The molecule has 2 aliphatic heterocycles. The van der Waals surface area contributed by atoms with Gasteiger partial charge in [0.15, 0.2) is 0 Å². The Morgan fingerprint density at radius 3 is 2.66 bits per heavy atom. The van der Waals surface area contributed by atoms with Crippen LogP contribution < -0.4 is 4.90 Å². The van der Waals surface area contributed by atoms with Gasteiger partial charge in [-0.2, -0.15) is 0 Å². The van der Waals surface area contributed by atoms with Crippen LogP contribution in [0.1, 0.15) is 51.2 Å². The van der Waals surface area contributed by atoms with Gasteiger partial charge in [-0.15, -0.1) is 0 Å². The van der Waals surface area contributed by atoms with E-state index in [-0.39, 0.29) is 10.4 Å². The average Bonchev–Trinajstić information content (AvgIpc) is 2.92. The Labute approximate surface area is 180 Å². The molecular formula is C21H25ClN2O4S. The molecule has 2 heterocycles. The fraction of sp³-hybridized carbons (Fsp3) is 0.476. The normalized spacial score (nSPS) is 23.4. The standard InChI is InChI=1S/C21H25ClN2O4S/c1-11-10-21(3,4)23(5)16-9-15(22)13(7-14(11)16)8-17-18(25)24(20(27)29-17)12(2)19(26)28-6/h7-9,11-12H,10H2,1-6H3/b17-8+/t11-,12-/m1/s1. The van der Waals surface area contributed by atoms with Crippen molar-refractivity contribution in [1.29, 1.82) is 0 Å². The van der Waals surface area contributed by atoms with Crippen molar-refractivity contribution in [1.82, 2.24) is 4.90 Å². The Morgan fingerprint density at radius 2 is 2.03 bits per heavy atom. The smallest absolute Gasteiger partial charge is 0.328 e. The molecule has 1 saturated heterocycles. The fourth-order valence-electron chi connectivity index (χ4n) is 3.95. The lowest BCUT2D eigenvalue weighted by molar-refractivity contribution is -0.148. The summed E-state index contributed by atoms with van der Waals surface area (Å²) < 4.78 is 4.66. The molecule has 2 amide bonds. The van der Waals surface area contributed by atoms with Crippen LogP contribution in [0.3, 0.4) is 0 Å². The highest BCUT2D eigenvalue weighted by atomic mass is 35.5. The van der Waals surface area contributed by atoms with E-state index in [0.29, 0.717) is 16.5 Å². The number of esters is 1. The molecule has 0 bridgehead atoms. The van der Waals surface area contributed by atoms with Crippen molar-refractivity contribution >= 4 is 52.2 Å². The minimum Gasteiger partial charge on any atom is -0.467 e. The molecule has 6 nitrogen and oxygen atoms in total. The molecule has 1 aromatic rings. The Balaban J connectivity index is 1.98. The minimum absolute atomic E-state index is 0.0178. The van der Waals surface area contributed by atoms with Crippen molar-refractivity contribution in [2.24, 2.45) is 0 Å². The molecule has 1 aromatic carbocycles. The van der Waals surface area contributed by atoms with Crippen LogP contribution >= 0.6 is 23.4 Å². The molecule has 0 aliphatic carbocycles. The lowest BCUT2D eigenvalue weighted by atomic mass is 9.80. The lowest BCUT2D eigenvalue weighted by Crippen LogP contribution is -2.45. The number of hydrogen-bond donors (Lipinski definition) is 0. The summed E-state index contributed by atoms with van der Waals surface area (Å²) in [5.41, 5.74) is 2.93. The molecule has 2 atom stereocenters. The second-order valence-corrected chi connectivity index (χ2v) is 9.56. The number of carbonyl (C=O) groups excluding carboxylic acids is 3. The van der Waals surface area contributed by atoms with Gasteiger partial charge in [0.2, 0.25) is 0 Å². The number of methoxy groups -OCH3 is 1. The van der Waals surface area contributed by atoms with Gasteiger partial charge >= 0.3 is 5.97 Å². The number of anilines is 1. The fourth-order valence-corrected chi connectivity index (χ4v) is 5.06. The number of imide groups is 1. The zero-order valence-electron chi connectivity index (χ0n) is 17.4. The number of halogens is 1. The summed E-state index contributed by atoms with van der Waals surface area (Å²) in [6.07, 6.45) is 2.62. The van der Waals surface area contributed by atoms with Gasteiger partial charge in [-0.25, -0.2) is 4.79 Å². The van der Waals surface area contributed by atoms with Crippen molar-refractivity contribution in [2.45, 2.75) is 51.6 Å². The second kappa shape index (κ2) is 7.69. The maximum absolute atomic E-state index is 12.7. The number of nitrogens with zero attached hydrogens (tertiary/aromatic N) is 2. The van der Waals surface area contributed by atoms with Gasteiger partial charge in [-0.1, -0.05) is 18.5 Å². The molecule has 0 unspecified atom stereocenters. The first kappa shape index (κ1) is 21.7. The van der Waals surface area contributed by atoms with Crippen LogP contribution in [0.25, 0.3) is 6.08 Å². The summed E-state index contributed by atoms with van der Waals surface area (Å²) in [6.45, 7) is 8.05. The Bertz CT molecular complexity index is 928. The van der Waals surface area contributed by atoms with E-state index in [9.17, 15) is 14.4 Å². The van der Waals surface area contributed by atoms with Gasteiger partial charge in [0.25, 0.3) is 11.1 Å². The van der Waals surface area contributed by atoms with E-state index in [4.69, 9.17) is 11.6 Å². The van der Waals surface area contributed by atoms with Crippen LogP contribution in [-0.2, 0) is 14.3 Å². The van der Waals surface area contributed by atoms with Gasteiger partial charge in [-0.3, -0.25) is 14.5 Å². The number of benzene rings is 1. The van der Waals surface area contributed by atoms with Crippen LogP contribution in [0.4, 0.5) is 10.5 Å². The summed E-state index contributed by atoms with van der Waals surface area (Å²) in [6, 6.07) is 2.93. The number of hydrogen-bond acceptors (Lipinski definition) is 6. The third kappa shape index (κ3) is 3.78. The molecule has 1 fully saturated rings. The number of fused-ring (bicyclic) bond motifs is 1. The van der Waals surface area contributed by atoms with Crippen LogP contribution in [0, 0.1) is 0 Å². The molecule has 3 rings (SSSR count). The summed E-state index contributed by atoms with van der Waals surface area (Å²) >= 11 is 7.34. The first-order chi connectivity index (χ1) is 13.5. The van der Waals surface area contributed by atoms with E-state index in [1.165, 1.54) is 14.0 Å². The van der Waals surface area contributed by atoms with E-state index in [2.05, 4.69) is 37.5 Å². The van der Waals surface area contributed by atoms with Crippen LogP contribution in [0.2, 0.25) is 5.02 Å². The zero-order valence-corrected chi connectivity index (χ0v) is 19.0. The van der Waals surface area contributed by atoms with Crippen LogP contribution in [0.5, 0.6) is 0 Å². The molecule has 8 heteroatoms. The van der Waals surface area contributed by atoms with Gasteiger partial charge in [0.1, 0.15) is 6.04 Å². The topological polar surface area (TPSA) is 66.9 Å². The highest BCUT2D eigenvalue weighted by Crippen LogP contribution is 2.45. The third-order valence-electron chi connectivity index (χ3n) is 5.79. The molecular weight excluding hydrogens is 412 g/mol. The predicted molar refractivity (Wildman–Crippen MR) is 116 cm³/mol. The number of rotatable bonds is 3. The molecule has 2 aliphatic rings. The first-order valence-electron chi connectivity index (χ1n) is 9.40. The summed E-state index contributed by atoms with van der Waals surface area (Å²) in [5.74, 6) is -0.826. The van der Waals surface area contributed by atoms with E-state index in [0.717, 1.165) is 34.3 Å². The number of amides is 2. The summed E-state index contributed by atoms with van der Waals surface area (Å²) in [7, 11) is 3.28. The Morgan fingerprint density at radius 1 is 1.38 bits per heavy atom. The van der Waals surface area contributed by atoms with Crippen molar-refractivity contribution < 1.29 is 19.1 Å². The predicted octanol–water partition coefficient (Wildman–Crippen LogP) is 4.66. The molecule has 0 spiro atoms. The highest BCUT2D eigenvalue weighted by molar-refractivity contribution is 8.18. The SMILES string of the molecule is COC(=O)[C@@H](C)N1C(=O)S/C(=C/c2cc3c(cc2Cl)N(C)C(C)(C)C[C@H]3C)C1=O. The van der Waals surface area contributed by atoms with Crippen molar-refractivity contribution in [3.8, 4) is 0 Å². The molecule has 0 N–H and O–H groups in total. The average molecular weight is 437 g/mol. The van der Waals surface area contributed by atoms with Crippen LogP contribution in [-0.4, -0.2) is 47.8 Å². The second-order valence-electron chi connectivity index (χ2n) is 8.16. The van der Waals surface area contributed by atoms with Crippen molar-refractivity contribution in [2.75, 3.05) is 19.1 Å². The van der Waals surface area contributed by atoms with Gasteiger partial charge in [0, 0.05) is 23.3 Å². The van der Waals surface area contributed by atoms with Crippen molar-refractivity contribution in [3.63, 3.8) is 0 Å². The monoisotopic (exact) mass is 436 g/mol. The van der Waals surface area contributed by atoms with Gasteiger partial charge in [0.05, 0.1) is 12.0 Å². The lowest BCUT2D eigenvalue weighted by Gasteiger charge is -2.45. The van der Waals surface area contributed by atoms with Gasteiger partial charge < -0.3 is 9.64 Å². The highest BCUT2D eigenvalue weighted by Gasteiger charge is 2.41. The number of ether oxygens (including phenoxy) is 1. The van der Waals surface area contributed by atoms with Crippen LogP contribution in [0.15, 0.2) is 17.0 Å². The summed E-state index contributed by atoms with van der Waals surface area (Å²) in [5, 5.41) is 0.0106. The van der Waals surface area contributed by atoms with E-state index >= 15 is 0 Å². The number of thioether (sulfide) groups is 1. The van der Waals surface area contributed by atoms with Crippen molar-refractivity contribution in [3.05, 3.63) is 33.2 Å². The summed E-state index contributed by atoms with van der Waals surface area (Å²) in [4.78, 5) is 40.2. The van der Waals surface area contributed by atoms with E-state index in [1.54, 1.807) is 6.08 Å². The minimum atomic E-state index is -0.978. The van der Waals surface area contributed by atoms with E-state index in [1.807, 2.05) is 12.1 Å². The molecule has 0 radical (unpaired) electrons. The van der Waals surface area contributed by atoms with E-state index < -0.39 is 23.2 Å². The maximum atomic E-state index is 12.7. The first-order valence-corrected chi connectivity index (χ1v) is 10.6. The maximum Gasteiger partial charge on any atom is 0.328 e. The molecule has 29 heavy (non-hydrogen) atoms. The molecule has 0 aromatic heterocycles. The van der Waals surface area contributed by atoms with Gasteiger partial charge in [-0.05, 0) is 74.2 Å². The largest absolute Gasteiger partial charge is 0.467 e. The Kier molecular flexibility index (Phi) is 5.75. The third-order valence-corrected chi connectivity index (χ3v) is 7.00. The Hall–Kier alpha value is -1.99.